The van der Waals surface area contributed by atoms with Crippen LogP contribution < -0.4 is 0 Å². The van der Waals surface area contributed by atoms with Crippen molar-refractivity contribution < 1.29 is 4.74 Å². The summed E-state index contributed by atoms with van der Waals surface area (Å²) in [6.07, 6.45) is 34.7. The second-order valence-electron chi connectivity index (χ2n) is 14.0. The molecule has 1 heteroatoms. The van der Waals surface area contributed by atoms with Gasteiger partial charge in [-0.05, 0) is 102 Å². The molecule has 0 N–H and O–H groups in total. The largest absolute Gasteiger partial charge is 0.361 e. The number of hydrogen-bond donors (Lipinski definition) is 0. The number of rotatable bonds is 10. The molecule has 1 saturated heterocycles. The lowest BCUT2D eigenvalue weighted by Crippen LogP contribution is -2.19. The van der Waals surface area contributed by atoms with E-state index in [1.807, 2.05) is 0 Å². The minimum absolute atomic E-state index is 0.173. The summed E-state index contributed by atoms with van der Waals surface area (Å²) in [6.45, 7) is 22.7. The summed E-state index contributed by atoms with van der Waals surface area (Å²) in [5, 5.41) is 0. The van der Waals surface area contributed by atoms with Crippen LogP contribution in [0.25, 0.3) is 0 Å². The molecular formula is C40H56O. The van der Waals surface area contributed by atoms with Gasteiger partial charge in [-0.1, -0.05) is 134 Å². The molecule has 3 rings (SSSR count). The third kappa shape index (κ3) is 10.3. The lowest BCUT2D eigenvalue weighted by Gasteiger charge is -2.33. The fraction of sp³-hybridized carbons (Fsp3) is 0.500. The Morgan fingerprint density at radius 1 is 0.610 bits per heavy atom. The maximum Gasteiger partial charge on any atom is 0.107 e. The Morgan fingerprint density at radius 3 is 1.37 bits per heavy atom. The first kappa shape index (κ1) is 32.9. The average molecular weight is 553 g/mol. The van der Waals surface area contributed by atoms with Crippen molar-refractivity contribution in [2.24, 2.45) is 10.8 Å². The van der Waals surface area contributed by atoms with Crippen LogP contribution >= 0.6 is 0 Å². The Balaban J connectivity index is 1.49. The summed E-state index contributed by atoms with van der Waals surface area (Å²) in [5.41, 5.74) is 11.7. The van der Waals surface area contributed by atoms with Crippen molar-refractivity contribution in [2.75, 3.05) is 0 Å². The molecule has 0 saturated carbocycles. The zero-order valence-corrected chi connectivity index (χ0v) is 27.7. The monoisotopic (exact) mass is 552 g/mol. The number of allylic oxidation sites excluding steroid dienone is 18. The van der Waals surface area contributed by atoms with E-state index in [0.29, 0.717) is 0 Å². The third-order valence-electron chi connectivity index (χ3n) is 8.96. The molecule has 0 amide bonds. The first-order valence-electron chi connectivity index (χ1n) is 15.8. The topological polar surface area (TPSA) is 12.5 Å². The van der Waals surface area contributed by atoms with E-state index in [1.54, 1.807) is 11.1 Å². The van der Waals surface area contributed by atoms with Gasteiger partial charge in [0.15, 0.2) is 0 Å². The predicted octanol–water partition coefficient (Wildman–Crippen LogP) is 11.8. The molecule has 1 heterocycles. The molecule has 0 aromatic carbocycles. The Morgan fingerprint density at radius 2 is 1.00 bits per heavy atom. The van der Waals surface area contributed by atoms with Gasteiger partial charge in [0.05, 0.1) is 0 Å². The van der Waals surface area contributed by atoms with Gasteiger partial charge in [0, 0.05) is 0 Å². The summed E-state index contributed by atoms with van der Waals surface area (Å²) in [5.74, 6) is 0. The molecule has 2 unspecified atom stereocenters. The second-order valence-corrected chi connectivity index (χ2v) is 14.0. The molecule has 0 bridgehead atoms. The highest BCUT2D eigenvalue weighted by molar-refractivity contribution is 5.39. The van der Waals surface area contributed by atoms with E-state index in [2.05, 4.69) is 142 Å². The minimum Gasteiger partial charge on any atom is -0.361 e. The average Bonchev–Trinajstić information content (AvgIpc) is 3.58. The maximum atomic E-state index is 5.90. The Bertz CT molecular complexity index is 1160. The molecule has 1 nitrogen and oxygen atoms in total. The van der Waals surface area contributed by atoms with Crippen LogP contribution in [-0.4, -0.2) is 12.2 Å². The van der Waals surface area contributed by atoms with Gasteiger partial charge in [0.2, 0.25) is 0 Å². The molecule has 0 aromatic heterocycles. The third-order valence-corrected chi connectivity index (χ3v) is 8.96. The fourth-order valence-electron chi connectivity index (χ4n) is 6.30. The Labute approximate surface area is 252 Å². The van der Waals surface area contributed by atoms with Crippen molar-refractivity contribution >= 4 is 0 Å². The van der Waals surface area contributed by atoms with Gasteiger partial charge in [-0.2, -0.15) is 0 Å². The van der Waals surface area contributed by atoms with Crippen LogP contribution in [0.3, 0.4) is 0 Å². The van der Waals surface area contributed by atoms with Crippen molar-refractivity contribution in [1.29, 1.82) is 0 Å². The van der Waals surface area contributed by atoms with Gasteiger partial charge in [0.25, 0.3) is 0 Å². The molecule has 0 radical (unpaired) electrons. The molecule has 0 spiro atoms. The van der Waals surface area contributed by atoms with Crippen LogP contribution in [0.5, 0.6) is 0 Å². The Hall–Kier alpha value is -2.64. The summed E-state index contributed by atoms with van der Waals surface area (Å²) >= 11 is 0. The summed E-state index contributed by atoms with van der Waals surface area (Å²) in [6, 6.07) is 0. The van der Waals surface area contributed by atoms with Crippen LogP contribution in [0.2, 0.25) is 0 Å². The number of ether oxygens (including phenoxy) is 1. The first-order valence-corrected chi connectivity index (χ1v) is 15.8. The van der Waals surface area contributed by atoms with Gasteiger partial charge < -0.3 is 4.74 Å². The van der Waals surface area contributed by atoms with Crippen LogP contribution in [0, 0.1) is 10.8 Å². The zero-order valence-electron chi connectivity index (χ0n) is 27.7. The standard InChI is InChI=1S/C40H56O/c1-29(21-23-35-33(5)19-13-25-39(35,7)8)15-11-17-31(3)27-37-38(41-37)28-32(4)18-12-16-30(2)22-24-36-34(6)20-14-26-40(36,9)10/h11-12,15-18,21-24,27-28,37-38H,13-14,19-20,25-26H2,1-10H3. The van der Waals surface area contributed by atoms with Crippen LogP contribution in [0.1, 0.15) is 108 Å². The molecule has 1 aliphatic heterocycles. The quantitative estimate of drug-likeness (QED) is 0.194. The predicted molar refractivity (Wildman–Crippen MR) is 181 cm³/mol. The van der Waals surface area contributed by atoms with E-state index in [1.165, 1.54) is 72.0 Å². The minimum atomic E-state index is 0.173. The van der Waals surface area contributed by atoms with Crippen molar-refractivity contribution in [1.82, 2.24) is 0 Å². The zero-order chi connectivity index (χ0) is 30.2. The van der Waals surface area contributed by atoms with Gasteiger partial charge in [-0.3, -0.25) is 0 Å². The SMILES string of the molecule is CC(C=CC1=C(C)CCCC1(C)C)=CC=CC(C)=CC1OC1C=C(C)C=CC=C(C)C=CC1=C(C)CCCC1(C)C. The summed E-state index contributed by atoms with van der Waals surface area (Å²) < 4.78 is 5.90. The van der Waals surface area contributed by atoms with Gasteiger partial charge >= 0.3 is 0 Å². The van der Waals surface area contributed by atoms with E-state index in [-0.39, 0.29) is 23.0 Å². The Kier molecular flexibility index (Phi) is 11.6. The van der Waals surface area contributed by atoms with E-state index < -0.39 is 0 Å². The summed E-state index contributed by atoms with van der Waals surface area (Å²) in [7, 11) is 0. The van der Waals surface area contributed by atoms with Crippen molar-refractivity contribution in [3.63, 3.8) is 0 Å². The highest BCUT2D eigenvalue weighted by atomic mass is 16.6. The highest BCUT2D eigenvalue weighted by Gasteiger charge is 2.34. The van der Waals surface area contributed by atoms with Gasteiger partial charge in [-0.25, -0.2) is 0 Å². The second kappa shape index (κ2) is 14.5. The molecule has 3 aliphatic rings. The van der Waals surface area contributed by atoms with Crippen molar-refractivity contribution in [3.05, 3.63) is 117 Å². The van der Waals surface area contributed by atoms with E-state index in [0.717, 1.165) is 0 Å². The smallest absolute Gasteiger partial charge is 0.107 e. The fourth-order valence-corrected chi connectivity index (χ4v) is 6.30. The highest BCUT2D eigenvalue weighted by Crippen LogP contribution is 2.41. The van der Waals surface area contributed by atoms with Gasteiger partial charge in [0.1, 0.15) is 12.2 Å². The normalized spacial score (nSPS) is 26.5. The van der Waals surface area contributed by atoms with Crippen LogP contribution in [-0.2, 0) is 4.74 Å². The van der Waals surface area contributed by atoms with Crippen LogP contribution in [0.15, 0.2) is 117 Å². The van der Waals surface area contributed by atoms with E-state index in [9.17, 15) is 0 Å². The number of hydrogen-bond acceptors (Lipinski definition) is 1. The molecule has 1 fully saturated rings. The van der Waals surface area contributed by atoms with Gasteiger partial charge in [-0.15, -0.1) is 0 Å². The summed E-state index contributed by atoms with van der Waals surface area (Å²) in [4.78, 5) is 0. The lowest BCUT2D eigenvalue weighted by molar-refractivity contribution is 0.376. The molecule has 2 aliphatic carbocycles. The van der Waals surface area contributed by atoms with Crippen LogP contribution in [0.4, 0.5) is 0 Å². The molecule has 41 heavy (non-hydrogen) atoms. The molecule has 2 atom stereocenters. The van der Waals surface area contributed by atoms with E-state index in [4.69, 9.17) is 4.74 Å². The molecule has 0 aromatic rings. The maximum absolute atomic E-state index is 5.90. The molecular weight excluding hydrogens is 496 g/mol. The van der Waals surface area contributed by atoms with E-state index >= 15 is 0 Å². The van der Waals surface area contributed by atoms with Crippen molar-refractivity contribution in [2.45, 2.75) is 120 Å². The number of epoxide rings is 1. The van der Waals surface area contributed by atoms with Crippen molar-refractivity contribution in [3.8, 4) is 0 Å². The molecule has 222 valence electrons. The lowest BCUT2D eigenvalue weighted by atomic mass is 9.72. The first-order chi connectivity index (χ1) is 19.3.